The minimum Gasteiger partial charge on any atom is -0.489 e. The highest BCUT2D eigenvalue weighted by Gasteiger charge is 2.36. The number of carbonyl (C=O) groups is 2. The van der Waals surface area contributed by atoms with Crippen LogP contribution >= 0.6 is 0 Å². The van der Waals surface area contributed by atoms with Crippen molar-refractivity contribution in [2.45, 2.75) is 26.5 Å². The molecule has 2 fully saturated rings. The topological polar surface area (TPSA) is 81.0 Å². The van der Waals surface area contributed by atoms with Crippen LogP contribution in [0.1, 0.15) is 27.4 Å². The molecule has 2 saturated heterocycles. The van der Waals surface area contributed by atoms with Gasteiger partial charge in [-0.2, -0.15) is 0 Å². The van der Waals surface area contributed by atoms with E-state index in [1.54, 1.807) is 11.0 Å². The number of benzene rings is 1. The Morgan fingerprint density at radius 3 is 2.79 bits per heavy atom. The molecule has 2 aliphatic rings. The number of furan rings is 1. The summed E-state index contributed by atoms with van der Waals surface area (Å²) >= 11 is 0. The maximum absolute atomic E-state index is 13.0. The molecule has 28 heavy (non-hydrogen) atoms. The van der Waals surface area contributed by atoms with Gasteiger partial charge in [0.25, 0.3) is 5.91 Å². The third-order valence-corrected chi connectivity index (χ3v) is 5.17. The van der Waals surface area contributed by atoms with Gasteiger partial charge in [0, 0.05) is 18.7 Å². The summed E-state index contributed by atoms with van der Waals surface area (Å²) in [5.74, 6) is 1.08. The monoisotopic (exact) mass is 384 g/mol. The van der Waals surface area contributed by atoms with E-state index in [0.29, 0.717) is 38.7 Å². The molecule has 2 bridgehead atoms. The summed E-state index contributed by atoms with van der Waals surface area (Å²) in [6.07, 6.45) is 0. The first-order chi connectivity index (χ1) is 13.5. The average molecular weight is 384 g/mol. The van der Waals surface area contributed by atoms with Gasteiger partial charge in [0.1, 0.15) is 18.1 Å². The lowest BCUT2D eigenvalue weighted by Crippen LogP contribution is -2.44. The van der Waals surface area contributed by atoms with Crippen LogP contribution in [0.5, 0.6) is 5.75 Å². The fourth-order valence-corrected chi connectivity index (χ4v) is 3.52. The molecule has 148 valence electrons. The van der Waals surface area contributed by atoms with Gasteiger partial charge in [-0.25, -0.2) is 0 Å². The number of nitrogens with one attached hydrogen (secondary N) is 1. The summed E-state index contributed by atoms with van der Waals surface area (Å²) in [7, 11) is 0. The van der Waals surface area contributed by atoms with Crippen LogP contribution in [0, 0.1) is 19.8 Å². The van der Waals surface area contributed by atoms with Crippen molar-refractivity contribution in [3.63, 3.8) is 0 Å². The predicted octanol–water partition coefficient (Wildman–Crippen LogP) is 2.06. The van der Waals surface area contributed by atoms with Crippen molar-refractivity contribution < 1.29 is 23.5 Å². The van der Waals surface area contributed by atoms with Gasteiger partial charge in [0.15, 0.2) is 5.76 Å². The molecule has 3 heterocycles. The highest BCUT2D eigenvalue weighted by Crippen LogP contribution is 2.22. The lowest BCUT2D eigenvalue weighted by Gasteiger charge is -2.26. The zero-order valence-corrected chi connectivity index (χ0v) is 16.1. The van der Waals surface area contributed by atoms with Crippen LogP contribution in [-0.2, 0) is 16.1 Å². The summed E-state index contributed by atoms with van der Waals surface area (Å²) in [5, 5.41) is 2.93. The molecule has 0 radical (unpaired) electrons. The highest BCUT2D eigenvalue weighted by molar-refractivity contribution is 5.92. The summed E-state index contributed by atoms with van der Waals surface area (Å²) in [4.78, 5) is 26.8. The largest absolute Gasteiger partial charge is 0.489 e. The number of nitrogens with zero attached hydrogens (tertiary/aromatic N) is 1. The Morgan fingerprint density at radius 1 is 1.21 bits per heavy atom. The molecule has 0 spiro atoms. The molecule has 1 aromatic carbocycles. The number of rotatable bonds is 4. The third-order valence-electron chi connectivity index (χ3n) is 5.17. The second kappa shape index (κ2) is 7.67. The van der Waals surface area contributed by atoms with Gasteiger partial charge in [0.05, 0.1) is 25.2 Å². The Morgan fingerprint density at radius 2 is 2.00 bits per heavy atom. The molecule has 2 aliphatic heterocycles. The molecule has 1 aromatic heterocycles. The third kappa shape index (κ3) is 3.89. The molecule has 4 rings (SSSR count). The van der Waals surface area contributed by atoms with Gasteiger partial charge in [0.2, 0.25) is 5.91 Å². The number of carbonyl (C=O) groups excluding carboxylic acids is 2. The number of fused-ring (bicyclic) bond motifs is 3. The summed E-state index contributed by atoms with van der Waals surface area (Å²) in [6, 6.07) is 9.35. The number of amides is 2. The van der Waals surface area contributed by atoms with Gasteiger partial charge < -0.3 is 24.1 Å². The van der Waals surface area contributed by atoms with Crippen LogP contribution in [0.2, 0.25) is 0 Å². The quantitative estimate of drug-likeness (QED) is 0.873. The van der Waals surface area contributed by atoms with Crippen LogP contribution in [0.25, 0.3) is 0 Å². The van der Waals surface area contributed by atoms with Crippen molar-refractivity contribution in [1.29, 1.82) is 0 Å². The number of hydrogen-bond donors (Lipinski definition) is 1. The zero-order chi connectivity index (χ0) is 19.7. The number of aryl methyl sites for hydroxylation is 2. The summed E-state index contributed by atoms with van der Waals surface area (Å²) in [6.45, 7) is 5.66. The number of hydrogen-bond acceptors (Lipinski definition) is 5. The first-order valence-electron chi connectivity index (χ1n) is 9.46. The smallest absolute Gasteiger partial charge is 0.289 e. The van der Waals surface area contributed by atoms with E-state index in [1.807, 2.05) is 38.1 Å². The predicted molar refractivity (Wildman–Crippen MR) is 101 cm³/mol. The van der Waals surface area contributed by atoms with E-state index in [-0.39, 0.29) is 29.5 Å². The van der Waals surface area contributed by atoms with Gasteiger partial charge in [-0.15, -0.1) is 0 Å². The first-order valence-corrected chi connectivity index (χ1v) is 9.46. The highest BCUT2D eigenvalue weighted by atomic mass is 16.5. The molecule has 0 saturated carbocycles. The Bertz CT molecular complexity index is 873. The van der Waals surface area contributed by atoms with Crippen molar-refractivity contribution in [3.05, 3.63) is 53.0 Å². The van der Waals surface area contributed by atoms with E-state index in [1.165, 1.54) is 5.56 Å². The van der Waals surface area contributed by atoms with E-state index >= 15 is 0 Å². The summed E-state index contributed by atoms with van der Waals surface area (Å²) in [5.41, 5.74) is 2.00. The van der Waals surface area contributed by atoms with Crippen LogP contribution in [0.4, 0.5) is 0 Å². The van der Waals surface area contributed by atoms with Crippen LogP contribution in [0.3, 0.4) is 0 Å². The van der Waals surface area contributed by atoms with Crippen LogP contribution in [0.15, 0.2) is 34.7 Å². The Hall–Kier alpha value is -2.80. The van der Waals surface area contributed by atoms with Crippen molar-refractivity contribution in [2.75, 3.05) is 26.3 Å². The Balaban J connectivity index is 1.45. The fraction of sp³-hybridized carbons (Fsp3) is 0.429. The molecule has 2 aromatic rings. The van der Waals surface area contributed by atoms with E-state index in [9.17, 15) is 9.59 Å². The van der Waals surface area contributed by atoms with Crippen molar-refractivity contribution in [2.24, 2.45) is 5.92 Å². The lowest BCUT2D eigenvalue weighted by atomic mass is 10.1. The van der Waals surface area contributed by atoms with E-state index in [2.05, 4.69) is 5.32 Å². The second-order valence-corrected chi connectivity index (χ2v) is 7.44. The normalized spacial score (nSPS) is 21.8. The maximum Gasteiger partial charge on any atom is 0.289 e. The average Bonchev–Trinajstić information content (AvgIpc) is 2.83. The standard InChI is InChI=1S/C21H24N2O5/c1-13-3-5-18(6-4-13)27-11-15-7-19(28-14(15)2)21(25)23-8-16-10-26-12-17(9-23)22-20(16)24/h3-7,16-17H,8-12H2,1-2H3,(H,22,24)/t16-,17+/m1/s1. The molecule has 0 aliphatic carbocycles. The Kier molecular flexibility index (Phi) is 5.09. The minimum atomic E-state index is -0.350. The van der Waals surface area contributed by atoms with Crippen LogP contribution < -0.4 is 10.1 Å². The van der Waals surface area contributed by atoms with Crippen LogP contribution in [-0.4, -0.2) is 49.1 Å². The SMILES string of the molecule is Cc1ccc(OCc2cc(C(=O)N3C[C@H]4COC[C@@H](C3)C(=O)N4)oc2C)cc1. The van der Waals surface area contributed by atoms with Gasteiger partial charge in [-0.3, -0.25) is 9.59 Å². The molecular formula is C21H24N2O5. The molecule has 2 amide bonds. The lowest BCUT2D eigenvalue weighted by molar-refractivity contribution is -0.125. The molecule has 1 N–H and O–H groups in total. The molecular weight excluding hydrogens is 360 g/mol. The minimum absolute atomic E-state index is 0.0550. The number of ether oxygens (including phenoxy) is 2. The second-order valence-electron chi connectivity index (χ2n) is 7.44. The zero-order valence-electron chi connectivity index (χ0n) is 16.1. The van der Waals surface area contributed by atoms with E-state index < -0.39 is 0 Å². The van der Waals surface area contributed by atoms with Gasteiger partial charge in [-0.05, 0) is 32.0 Å². The fourth-order valence-electron chi connectivity index (χ4n) is 3.52. The van der Waals surface area contributed by atoms with Crippen molar-refractivity contribution in [1.82, 2.24) is 10.2 Å². The molecule has 7 nitrogen and oxygen atoms in total. The van der Waals surface area contributed by atoms with Gasteiger partial charge >= 0.3 is 0 Å². The molecule has 2 atom stereocenters. The molecule has 7 heteroatoms. The van der Waals surface area contributed by atoms with Gasteiger partial charge in [-0.1, -0.05) is 17.7 Å². The molecule has 0 unspecified atom stereocenters. The maximum atomic E-state index is 13.0. The van der Waals surface area contributed by atoms with E-state index in [4.69, 9.17) is 13.9 Å². The summed E-state index contributed by atoms with van der Waals surface area (Å²) < 4.78 is 17.0. The first kappa shape index (κ1) is 18.6. The van der Waals surface area contributed by atoms with Crippen molar-refractivity contribution in [3.8, 4) is 5.75 Å². The van der Waals surface area contributed by atoms with Crippen molar-refractivity contribution >= 4 is 11.8 Å². The van der Waals surface area contributed by atoms with E-state index in [0.717, 1.165) is 11.3 Å². The Labute approximate surface area is 163 Å².